The zero-order chi connectivity index (χ0) is 13.7. The lowest BCUT2D eigenvalue weighted by Crippen LogP contribution is -2.38. The van der Waals surface area contributed by atoms with Crippen LogP contribution in [0.4, 0.5) is 4.39 Å². The van der Waals surface area contributed by atoms with E-state index in [1.807, 2.05) is 6.07 Å². The van der Waals surface area contributed by atoms with Crippen molar-refractivity contribution in [3.8, 4) is 5.75 Å². The van der Waals surface area contributed by atoms with Gasteiger partial charge in [-0.1, -0.05) is 25.3 Å². The van der Waals surface area contributed by atoms with Crippen LogP contribution >= 0.6 is 0 Å². The maximum atomic E-state index is 13.6. The molecule has 0 amide bonds. The third kappa shape index (κ3) is 3.91. The quantitative estimate of drug-likeness (QED) is 0.824. The van der Waals surface area contributed by atoms with Crippen molar-refractivity contribution in [1.82, 2.24) is 5.32 Å². The van der Waals surface area contributed by atoms with Crippen LogP contribution in [0.25, 0.3) is 0 Å². The first-order chi connectivity index (χ1) is 9.20. The van der Waals surface area contributed by atoms with Gasteiger partial charge in [0.25, 0.3) is 0 Å². The highest BCUT2D eigenvalue weighted by Gasteiger charge is 2.20. The summed E-state index contributed by atoms with van der Waals surface area (Å²) < 4.78 is 18.4. The van der Waals surface area contributed by atoms with E-state index in [0.717, 1.165) is 31.2 Å². The third-order valence-corrected chi connectivity index (χ3v) is 3.76. The monoisotopic (exact) mass is 267 g/mol. The molecule has 2 atom stereocenters. The smallest absolute Gasteiger partial charge is 0.165 e. The minimum absolute atomic E-state index is 0.118. The van der Waals surface area contributed by atoms with Crippen molar-refractivity contribution in [2.24, 2.45) is 0 Å². The molecule has 2 N–H and O–H groups in total. The van der Waals surface area contributed by atoms with Gasteiger partial charge >= 0.3 is 0 Å². The van der Waals surface area contributed by atoms with Gasteiger partial charge in [0.15, 0.2) is 11.6 Å². The van der Waals surface area contributed by atoms with Crippen molar-refractivity contribution >= 4 is 0 Å². The van der Waals surface area contributed by atoms with Crippen LogP contribution in [0, 0.1) is 5.82 Å². The Morgan fingerprint density at radius 1 is 1.32 bits per heavy atom. The molecule has 0 bridgehead atoms. The Labute approximate surface area is 113 Å². The zero-order valence-electron chi connectivity index (χ0n) is 11.4. The van der Waals surface area contributed by atoms with Crippen molar-refractivity contribution < 1.29 is 14.2 Å². The summed E-state index contributed by atoms with van der Waals surface area (Å²) in [5.74, 6) is -0.0820. The fourth-order valence-corrected chi connectivity index (χ4v) is 2.59. The molecule has 1 fully saturated rings. The van der Waals surface area contributed by atoms with Crippen LogP contribution in [0.2, 0.25) is 0 Å². The lowest BCUT2D eigenvalue weighted by molar-refractivity contribution is 0.119. The molecule has 1 saturated carbocycles. The van der Waals surface area contributed by atoms with Gasteiger partial charge in [0.05, 0.1) is 13.2 Å². The molecule has 1 aromatic rings. The number of halogens is 1. The molecule has 1 aliphatic carbocycles. The number of hydrogen-bond acceptors (Lipinski definition) is 3. The van der Waals surface area contributed by atoms with E-state index in [0.29, 0.717) is 6.54 Å². The maximum absolute atomic E-state index is 13.6. The molecular weight excluding hydrogens is 245 g/mol. The molecule has 106 valence electrons. The summed E-state index contributed by atoms with van der Waals surface area (Å²) in [5.41, 5.74) is 0.870. The van der Waals surface area contributed by atoms with Crippen LogP contribution in [-0.2, 0) is 6.54 Å². The Kier molecular flexibility index (Phi) is 5.16. The summed E-state index contributed by atoms with van der Waals surface area (Å²) in [5, 5.41) is 13.3. The number of benzene rings is 1. The van der Waals surface area contributed by atoms with Gasteiger partial charge in [0.1, 0.15) is 0 Å². The van der Waals surface area contributed by atoms with Crippen molar-refractivity contribution in [2.75, 3.05) is 7.11 Å². The number of hydrogen-bond donors (Lipinski definition) is 2. The van der Waals surface area contributed by atoms with Crippen molar-refractivity contribution in [2.45, 2.75) is 50.8 Å². The number of ether oxygens (including phenoxy) is 1. The topological polar surface area (TPSA) is 41.5 Å². The van der Waals surface area contributed by atoms with Crippen LogP contribution in [0.1, 0.15) is 37.7 Å². The van der Waals surface area contributed by atoms with E-state index in [1.54, 1.807) is 6.07 Å². The molecular formula is C15H22FNO2. The molecule has 19 heavy (non-hydrogen) atoms. The highest BCUT2D eigenvalue weighted by molar-refractivity contribution is 5.29. The SMILES string of the molecule is COc1ccc(CNC2CCCCCC2O)cc1F. The maximum Gasteiger partial charge on any atom is 0.165 e. The molecule has 0 aromatic heterocycles. The molecule has 0 aliphatic heterocycles. The second kappa shape index (κ2) is 6.87. The Hall–Kier alpha value is -1.13. The van der Waals surface area contributed by atoms with Crippen LogP contribution in [0.15, 0.2) is 18.2 Å². The van der Waals surface area contributed by atoms with Crippen LogP contribution < -0.4 is 10.1 Å². The highest BCUT2D eigenvalue weighted by atomic mass is 19.1. The summed E-state index contributed by atoms with van der Waals surface area (Å²) >= 11 is 0. The Morgan fingerprint density at radius 3 is 2.84 bits per heavy atom. The lowest BCUT2D eigenvalue weighted by Gasteiger charge is -2.22. The summed E-state index contributed by atoms with van der Waals surface area (Å²) in [7, 11) is 1.46. The van der Waals surface area contributed by atoms with Gasteiger partial charge in [-0.3, -0.25) is 0 Å². The van der Waals surface area contributed by atoms with Crippen LogP contribution in [-0.4, -0.2) is 24.4 Å². The summed E-state index contributed by atoms with van der Waals surface area (Å²) in [6, 6.07) is 5.08. The van der Waals surface area contributed by atoms with Crippen LogP contribution in [0.3, 0.4) is 0 Å². The van der Waals surface area contributed by atoms with E-state index in [-0.39, 0.29) is 23.7 Å². The molecule has 1 aromatic carbocycles. The summed E-state index contributed by atoms with van der Waals surface area (Å²) in [6.07, 6.45) is 4.98. The van der Waals surface area contributed by atoms with Gasteiger partial charge in [-0.2, -0.15) is 0 Å². The van der Waals surface area contributed by atoms with Gasteiger partial charge < -0.3 is 15.2 Å². The summed E-state index contributed by atoms with van der Waals surface area (Å²) in [6.45, 7) is 0.572. The first-order valence-corrected chi connectivity index (χ1v) is 6.94. The molecule has 0 heterocycles. The van der Waals surface area contributed by atoms with E-state index in [4.69, 9.17) is 4.74 Å². The molecule has 2 unspecified atom stereocenters. The molecule has 3 nitrogen and oxygen atoms in total. The van der Waals surface area contributed by atoms with Gasteiger partial charge in [-0.05, 0) is 30.5 Å². The Balaban J connectivity index is 1.92. The fraction of sp³-hybridized carbons (Fsp3) is 0.600. The van der Waals surface area contributed by atoms with E-state index in [9.17, 15) is 9.50 Å². The largest absolute Gasteiger partial charge is 0.494 e. The van der Waals surface area contributed by atoms with Crippen molar-refractivity contribution in [3.05, 3.63) is 29.6 Å². The minimum Gasteiger partial charge on any atom is -0.494 e. The van der Waals surface area contributed by atoms with Crippen LogP contribution in [0.5, 0.6) is 5.75 Å². The van der Waals surface area contributed by atoms with Crippen molar-refractivity contribution in [1.29, 1.82) is 0 Å². The number of aliphatic hydroxyl groups is 1. The minimum atomic E-state index is -0.344. The van der Waals surface area contributed by atoms with Gasteiger partial charge in [0, 0.05) is 12.6 Å². The molecule has 0 radical (unpaired) electrons. The summed E-state index contributed by atoms with van der Waals surface area (Å²) in [4.78, 5) is 0. The molecule has 1 aliphatic rings. The van der Waals surface area contributed by atoms with Gasteiger partial charge in [-0.25, -0.2) is 4.39 Å². The number of methoxy groups -OCH3 is 1. The van der Waals surface area contributed by atoms with Gasteiger partial charge in [-0.15, -0.1) is 0 Å². The third-order valence-electron chi connectivity index (χ3n) is 3.76. The van der Waals surface area contributed by atoms with E-state index < -0.39 is 0 Å². The normalized spacial score (nSPS) is 23.9. The highest BCUT2D eigenvalue weighted by Crippen LogP contribution is 2.20. The predicted molar refractivity (Wildman–Crippen MR) is 72.7 cm³/mol. The number of aliphatic hydroxyl groups excluding tert-OH is 1. The predicted octanol–water partition coefficient (Wildman–Crippen LogP) is 2.62. The average Bonchev–Trinajstić information content (AvgIpc) is 2.61. The van der Waals surface area contributed by atoms with E-state index >= 15 is 0 Å². The lowest BCUT2D eigenvalue weighted by atomic mass is 10.1. The molecule has 0 spiro atoms. The van der Waals surface area contributed by atoms with E-state index in [1.165, 1.54) is 19.6 Å². The first-order valence-electron chi connectivity index (χ1n) is 6.94. The standard InChI is InChI=1S/C15H22FNO2/c1-19-15-8-7-11(9-12(15)16)10-17-13-5-3-2-4-6-14(13)18/h7-9,13-14,17-18H,2-6,10H2,1H3. The Morgan fingerprint density at radius 2 is 2.11 bits per heavy atom. The zero-order valence-corrected chi connectivity index (χ0v) is 11.4. The second-order valence-corrected chi connectivity index (χ2v) is 5.16. The average molecular weight is 267 g/mol. The van der Waals surface area contributed by atoms with Gasteiger partial charge in [0.2, 0.25) is 0 Å². The number of nitrogens with one attached hydrogen (secondary N) is 1. The molecule has 2 rings (SSSR count). The molecule has 4 heteroatoms. The number of rotatable bonds is 4. The molecule has 0 saturated heterocycles. The fourth-order valence-electron chi connectivity index (χ4n) is 2.59. The second-order valence-electron chi connectivity index (χ2n) is 5.16. The van der Waals surface area contributed by atoms with E-state index in [2.05, 4.69) is 5.32 Å². The Bertz CT molecular complexity index is 411. The first kappa shape index (κ1) is 14.3. The van der Waals surface area contributed by atoms with Crippen molar-refractivity contribution in [3.63, 3.8) is 0 Å².